The zero-order valence-electron chi connectivity index (χ0n) is 9.16. The molecule has 5 heteroatoms. The van der Waals surface area contributed by atoms with Gasteiger partial charge in [-0.25, -0.2) is 0 Å². The van der Waals surface area contributed by atoms with E-state index in [9.17, 15) is 4.79 Å². The van der Waals surface area contributed by atoms with Gasteiger partial charge in [-0.2, -0.15) is 0 Å². The number of hydrogen-bond acceptors (Lipinski definition) is 3. The molecular weight excluding hydrogens is 216 g/mol. The highest BCUT2D eigenvalue weighted by Crippen LogP contribution is 2.18. The fourth-order valence-corrected chi connectivity index (χ4v) is 1.51. The second-order valence-corrected chi connectivity index (χ2v) is 4.03. The zero-order chi connectivity index (χ0) is 11.4. The first-order chi connectivity index (χ1) is 7.06. The van der Waals surface area contributed by atoms with Crippen molar-refractivity contribution in [3.63, 3.8) is 0 Å². The molecule has 0 aromatic carbocycles. The van der Waals surface area contributed by atoms with E-state index in [-0.39, 0.29) is 11.8 Å². The van der Waals surface area contributed by atoms with Crippen LogP contribution in [0.5, 0.6) is 0 Å². The first-order valence-electron chi connectivity index (χ1n) is 4.79. The number of nitrogens with zero attached hydrogens (tertiary/aromatic N) is 2. The monoisotopic (exact) mass is 230 g/mol. The smallest absolute Gasteiger partial charge is 0.237 e. The molecule has 0 saturated carbocycles. The van der Waals surface area contributed by atoms with E-state index in [0.29, 0.717) is 12.5 Å². The molecule has 0 spiro atoms. The quantitative estimate of drug-likeness (QED) is 0.744. The molecule has 1 rings (SSSR count). The van der Waals surface area contributed by atoms with E-state index in [4.69, 9.17) is 16.1 Å². The Hall–Kier alpha value is -1.03. The Morgan fingerprint density at radius 3 is 2.87 bits per heavy atom. The summed E-state index contributed by atoms with van der Waals surface area (Å²) in [5.74, 6) is 0.185. The average Bonchev–Trinajstić information content (AvgIpc) is 2.64. The summed E-state index contributed by atoms with van der Waals surface area (Å²) in [5.41, 5.74) is 1.83. The van der Waals surface area contributed by atoms with E-state index < -0.39 is 0 Å². The van der Waals surface area contributed by atoms with E-state index in [2.05, 4.69) is 5.16 Å². The number of aromatic nitrogens is 1. The van der Waals surface area contributed by atoms with Gasteiger partial charge in [0.25, 0.3) is 0 Å². The molecule has 0 atom stereocenters. The molecule has 0 N–H and O–H groups in total. The fraction of sp³-hybridized carbons (Fsp3) is 0.600. The summed E-state index contributed by atoms with van der Waals surface area (Å²) in [6.45, 7) is 4.55. The van der Waals surface area contributed by atoms with Gasteiger partial charge >= 0.3 is 0 Å². The van der Waals surface area contributed by atoms with Crippen LogP contribution in [-0.2, 0) is 11.3 Å². The van der Waals surface area contributed by atoms with Crippen LogP contribution < -0.4 is 0 Å². The van der Waals surface area contributed by atoms with Crippen LogP contribution in [0.25, 0.3) is 0 Å². The first-order valence-corrected chi connectivity index (χ1v) is 5.32. The van der Waals surface area contributed by atoms with Crippen LogP contribution in [0, 0.1) is 0 Å². The van der Waals surface area contributed by atoms with Gasteiger partial charge < -0.3 is 9.42 Å². The molecule has 0 fully saturated rings. The van der Waals surface area contributed by atoms with Crippen molar-refractivity contribution in [1.82, 2.24) is 10.1 Å². The second-order valence-electron chi connectivity index (χ2n) is 3.76. The van der Waals surface area contributed by atoms with Crippen molar-refractivity contribution >= 4 is 17.5 Å². The lowest BCUT2D eigenvalue weighted by Gasteiger charge is -2.15. The molecule has 0 radical (unpaired) electrons. The maximum Gasteiger partial charge on any atom is 0.237 e. The Balaban J connectivity index is 2.72. The number of rotatable bonds is 4. The molecular formula is C10H15ClN2O2. The minimum absolute atomic E-state index is 0.00120. The van der Waals surface area contributed by atoms with Gasteiger partial charge in [-0.1, -0.05) is 19.0 Å². The highest BCUT2D eigenvalue weighted by Gasteiger charge is 2.15. The minimum atomic E-state index is -0.104. The Kier molecular flexibility index (Phi) is 4.15. The summed E-state index contributed by atoms with van der Waals surface area (Å²) in [5, 5.41) is 3.91. The van der Waals surface area contributed by atoms with E-state index in [1.807, 2.05) is 13.8 Å². The number of alkyl halides is 1. The Labute approximate surface area is 94.2 Å². The van der Waals surface area contributed by atoms with Crippen LogP contribution in [0.15, 0.2) is 10.8 Å². The van der Waals surface area contributed by atoms with Crippen LogP contribution in [0.1, 0.15) is 31.0 Å². The molecule has 1 heterocycles. The predicted octanol–water partition coefficient (Wildman–Crippen LogP) is 2.00. The Morgan fingerprint density at radius 1 is 1.67 bits per heavy atom. The van der Waals surface area contributed by atoms with Gasteiger partial charge in [-0.3, -0.25) is 4.79 Å². The molecule has 0 unspecified atom stereocenters. The van der Waals surface area contributed by atoms with Gasteiger partial charge in [0.15, 0.2) is 0 Å². The number of amides is 1. The largest absolute Gasteiger partial charge is 0.364 e. The van der Waals surface area contributed by atoms with Gasteiger partial charge in [-0.15, -0.1) is 11.6 Å². The van der Waals surface area contributed by atoms with Crippen molar-refractivity contribution in [3.8, 4) is 0 Å². The fourth-order valence-electron chi connectivity index (χ4n) is 1.31. The van der Waals surface area contributed by atoms with Gasteiger partial charge in [0.05, 0.1) is 12.2 Å². The lowest BCUT2D eigenvalue weighted by Crippen LogP contribution is -2.27. The van der Waals surface area contributed by atoms with Crippen LogP contribution in [-0.4, -0.2) is 28.9 Å². The highest BCUT2D eigenvalue weighted by atomic mass is 35.5. The summed E-state index contributed by atoms with van der Waals surface area (Å²) in [6.07, 6.45) is 1.58. The van der Waals surface area contributed by atoms with E-state index in [1.165, 1.54) is 0 Å². The van der Waals surface area contributed by atoms with Crippen LogP contribution in [0.4, 0.5) is 0 Å². The van der Waals surface area contributed by atoms with E-state index >= 15 is 0 Å². The minimum Gasteiger partial charge on any atom is -0.364 e. The van der Waals surface area contributed by atoms with Crippen LogP contribution in [0.3, 0.4) is 0 Å². The predicted molar refractivity (Wildman–Crippen MR) is 57.8 cm³/mol. The standard InChI is InChI=1S/C10H15ClN2O2/c1-7(2)10-8(6-15-12-10)5-13(3)9(14)4-11/h6-7H,4-5H2,1-3H3. The molecule has 1 aromatic heterocycles. The Bertz CT molecular complexity index is 336. The van der Waals surface area contributed by atoms with Crippen molar-refractivity contribution in [2.45, 2.75) is 26.3 Å². The normalized spacial score (nSPS) is 10.7. The summed E-state index contributed by atoms with van der Waals surface area (Å²) in [7, 11) is 1.71. The summed E-state index contributed by atoms with van der Waals surface area (Å²) < 4.78 is 4.90. The van der Waals surface area contributed by atoms with Gasteiger partial charge in [0.2, 0.25) is 5.91 Å². The molecule has 4 nitrogen and oxygen atoms in total. The molecule has 0 aliphatic rings. The number of hydrogen-bond donors (Lipinski definition) is 0. The summed E-state index contributed by atoms with van der Waals surface area (Å²) in [6, 6.07) is 0. The number of carbonyl (C=O) groups is 1. The lowest BCUT2D eigenvalue weighted by molar-refractivity contribution is -0.127. The third-order valence-corrected chi connectivity index (χ3v) is 2.40. The molecule has 15 heavy (non-hydrogen) atoms. The average molecular weight is 231 g/mol. The SMILES string of the molecule is CC(C)c1nocc1CN(C)C(=O)CCl. The van der Waals surface area contributed by atoms with Crippen molar-refractivity contribution < 1.29 is 9.32 Å². The summed E-state index contributed by atoms with van der Waals surface area (Å²) in [4.78, 5) is 12.8. The van der Waals surface area contributed by atoms with E-state index in [1.54, 1.807) is 18.2 Å². The van der Waals surface area contributed by atoms with Gasteiger partial charge in [0.1, 0.15) is 12.1 Å². The van der Waals surface area contributed by atoms with Crippen molar-refractivity contribution in [1.29, 1.82) is 0 Å². The van der Waals surface area contributed by atoms with Crippen molar-refractivity contribution in [3.05, 3.63) is 17.5 Å². The van der Waals surface area contributed by atoms with Crippen molar-refractivity contribution in [2.75, 3.05) is 12.9 Å². The van der Waals surface area contributed by atoms with Crippen molar-refractivity contribution in [2.24, 2.45) is 0 Å². The number of halogens is 1. The second kappa shape index (κ2) is 5.16. The third-order valence-electron chi connectivity index (χ3n) is 2.17. The maximum atomic E-state index is 11.3. The molecule has 0 saturated heterocycles. The zero-order valence-corrected chi connectivity index (χ0v) is 9.91. The summed E-state index contributed by atoms with van der Waals surface area (Å²) >= 11 is 5.46. The number of carbonyl (C=O) groups excluding carboxylic acids is 1. The molecule has 1 aromatic rings. The Morgan fingerprint density at radius 2 is 2.33 bits per heavy atom. The van der Waals surface area contributed by atoms with Crippen LogP contribution in [0.2, 0.25) is 0 Å². The first kappa shape index (κ1) is 12.0. The van der Waals surface area contributed by atoms with Crippen LogP contribution >= 0.6 is 11.6 Å². The third kappa shape index (κ3) is 2.96. The van der Waals surface area contributed by atoms with Gasteiger partial charge in [0, 0.05) is 12.6 Å². The molecule has 84 valence electrons. The van der Waals surface area contributed by atoms with E-state index in [0.717, 1.165) is 11.3 Å². The topological polar surface area (TPSA) is 46.3 Å². The molecule has 1 amide bonds. The van der Waals surface area contributed by atoms with Gasteiger partial charge in [-0.05, 0) is 5.92 Å². The highest BCUT2D eigenvalue weighted by molar-refractivity contribution is 6.27. The molecule has 0 aliphatic heterocycles. The lowest BCUT2D eigenvalue weighted by atomic mass is 10.1. The maximum absolute atomic E-state index is 11.3. The molecule has 0 aliphatic carbocycles. The molecule has 0 bridgehead atoms.